The molecule has 0 atom stereocenters. The first-order chi connectivity index (χ1) is 4.38. The van der Waals surface area contributed by atoms with Crippen LogP contribution in [0.5, 0.6) is 0 Å². The monoisotopic (exact) mass is 124 g/mol. The zero-order valence-corrected chi connectivity index (χ0v) is 5.77. The molecule has 0 bridgehead atoms. The number of rotatable bonds is 2. The Kier molecular flexibility index (Phi) is 1.88. The van der Waals surface area contributed by atoms with E-state index in [0.29, 0.717) is 0 Å². The molecular formula is C7H10NO. The fraction of sp³-hybridized carbons (Fsp3) is 0.571. The van der Waals surface area contributed by atoms with Crippen LogP contribution < -0.4 is 0 Å². The molecule has 0 aliphatic rings. The molecule has 0 amide bonds. The molecule has 0 fully saturated rings. The number of hydrogen-bond acceptors (Lipinski definition) is 2. The van der Waals surface area contributed by atoms with Gasteiger partial charge in [0.25, 0.3) is 0 Å². The topological polar surface area (TPSA) is 26.0 Å². The summed E-state index contributed by atoms with van der Waals surface area (Å²) in [6, 6.07) is 0. The van der Waals surface area contributed by atoms with Crippen LogP contribution in [-0.2, 0) is 12.8 Å². The smallest absolute Gasteiger partial charge is 0.140 e. The molecule has 0 saturated heterocycles. The molecule has 0 aromatic carbocycles. The fourth-order valence-corrected chi connectivity index (χ4v) is 0.805. The van der Waals surface area contributed by atoms with Gasteiger partial charge in [0.2, 0.25) is 0 Å². The van der Waals surface area contributed by atoms with E-state index in [4.69, 9.17) is 4.52 Å². The van der Waals surface area contributed by atoms with Crippen molar-refractivity contribution in [2.24, 2.45) is 0 Å². The predicted molar refractivity (Wildman–Crippen MR) is 34.1 cm³/mol. The van der Waals surface area contributed by atoms with E-state index in [1.165, 1.54) is 0 Å². The SMILES string of the molecule is CCc1[c]noc1CC. The number of aromatic nitrogens is 1. The van der Waals surface area contributed by atoms with Gasteiger partial charge in [0, 0.05) is 12.0 Å². The highest BCUT2D eigenvalue weighted by molar-refractivity contribution is 5.11. The lowest BCUT2D eigenvalue weighted by Gasteiger charge is -1.88. The fourth-order valence-electron chi connectivity index (χ4n) is 0.805. The predicted octanol–water partition coefficient (Wildman–Crippen LogP) is 1.60. The molecule has 2 nitrogen and oxygen atoms in total. The third-order valence-corrected chi connectivity index (χ3v) is 1.35. The van der Waals surface area contributed by atoms with Gasteiger partial charge in [0.15, 0.2) is 0 Å². The summed E-state index contributed by atoms with van der Waals surface area (Å²) in [6.45, 7) is 4.12. The summed E-state index contributed by atoms with van der Waals surface area (Å²) >= 11 is 0. The van der Waals surface area contributed by atoms with Crippen molar-refractivity contribution >= 4 is 0 Å². The van der Waals surface area contributed by atoms with Crippen LogP contribution in [0.3, 0.4) is 0 Å². The number of hydrogen-bond donors (Lipinski definition) is 0. The average Bonchev–Trinajstić information content (AvgIpc) is 2.33. The van der Waals surface area contributed by atoms with Crippen molar-refractivity contribution in [2.45, 2.75) is 26.7 Å². The molecule has 1 radical (unpaired) electrons. The molecule has 1 rings (SSSR count). The van der Waals surface area contributed by atoms with E-state index in [-0.39, 0.29) is 0 Å². The molecule has 0 aliphatic carbocycles. The zero-order chi connectivity index (χ0) is 6.69. The van der Waals surface area contributed by atoms with E-state index in [1.54, 1.807) is 0 Å². The maximum Gasteiger partial charge on any atom is 0.140 e. The van der Waals surface area contributed by atoms with Crippen molar-refractivity contribution < 1.29 is 4.52 Å². The van der Waals surface area contributed by atoms with E-state index in [0.717, 1.165) is 24.2 Å². The van der Waals surface area contributed by atoms with Crippen LogP contribution in [0.4, 0.5) is 0 Å². The highest BCUT2D eigenvalue weighted by Crippen LogP contribution is 2.07. The Labute approximate surface area is 54.9 Å². The Hall–Kier alpha value is -0.790. The molecule has 9 heavy (non-hydrogen) atoms. The summed E-state index contributed by atoms with van der Waals surface area (Å²) in [7, 11) is 0. The van der Waals surface area contributed by atoms with Gasteiger partial charge in [0.1, 0.15) is 12.0 Å². The van der Waals surface area contributed by atoms with Crippen LogP contribution in [0.15, 0.2) is 4.52 Å². The largest absolute Gasteiger partial charge is 0.360 e. The standard InChI is InChI=1S/C7H10NO/c1-3-6-5-8-9-7(6)4-2/h3-4H2,1-2H3. The molecule has 0 N–H and O–H groups in total. The molecule has 0 unspecified atom stereocenters. The first-order valence-corrected chi connectivity index (χ1v) is 3.23. The van der Waals surface area contributed by atoms with Crippen LogP contribution in [0.25, 0.3) is 0 Å². The summed E-state index contributed by atoms with van der Waals surface area (Å²) in [4.78, 5) is 0. The van der Waals surface area contributed by atoms with Crippen molar-refractivity contribution in [3.8, 4) is 0 Å². The minimum Gasteiger partial charge on any atom is -0.360 e. The van der Waals surface area contributed by atoms with Gasteiger partial charge in [-0.25, -0.2) is 0 Å². The van der Waals surface area contributed by atoms with Gasteiger partial charge >= 0.3 is 0 Å². The Balaban J connectivity index is 2.85. The van der Waals surface area contributed by atoms with Crippen LogP contribution in [0.2, 0.25) is 0 Å². The summed E-state index contributed by atoms with van der Waals surface area (Å²) < 4.78 is 4.90. The van der Waals surface area contributed by atoms with Crippen LogP contribution >= 0.6 is 0 Å². The Bertz CT molecular complexity index is 162. The highest BCUT2D eigenvalue weighted by atomic mass is 16.5. The maximum atomic E-state index is 4.90. The van der Waals surface area contributed by atoms with Gasteiger partial charge < -0.3 is 4.52 Å². The van der Waals surface area contributed by atoms with E-state index in [2.05, 4.69) is 18.3 Å². The summed E-state index contributed by atoms with van der Waals surface area (Å²) in [6.07, 6.45) is 4.67. The van der Waals surface area contributed by atoms with Gasteiger partial charge in [-0.15, -0.1) is 0 Å². The highest BCUT2D eigenvalue weighted by Gasteiger charge is 2.01. The lowest BCUT2D eigenvalue weighted by Crippen LogP contribution is -1.82. The zero-order valence-electron chi connectivity index (χ0n) is 5.77. The van der Waals surface area contributed by atoms with Gasteiger partial charge in [-0.05, 0) is 6.42 Å². The van der Waals surface area contributed by atoms with E-state index >= 15 is 0 Å². The minimum atomic E-state index is 0.916. The Morgan fingerprint density at radius 1 is 1.44 bits per heavy atom. The number of aryl methyl sites for hydroxylation is 2. The molecule has 1 aromatic heterocycles. The lowest BCUT2D eigenvalue weighted by atomic mass is 10.2. The van der Waals surface area contributed by atoms with Crippen molar-refractivity contribution in [1.82, 2.24) is 5.16 Å². The van der Waals surface area contributed by atoms with Crippen molar-refractivity contribution in [1.29, 1.82) is 0 Å². The third-order valence-electron chi connectivity index (χ3n) is 1.35. The van der Waals surface area contributed by atoms with Crippen molar-refractivity contribution in [2.75, 3.05) is 0 Å². The molecule has 2 heteroatoms. The van der Waals surface area contributed by atoms with Crippen molar-refractivity contribution in [3.05, 3.63) is 17.5 Å². The van der Waals surface area contributed by atoms with Gasteiger partial charge in [-0.1, -0.05) is 19.0 Å². The summed E-state index contributed by atoms with van der Waals surface area (Å²) in [5, 5.41) is 3.56. The van der Waals surface area contributed by atoms with Gasteiger partial charge in [0.05, 0.1) is 0 Å². The maximum absolute atomic E-state index is 4.90. The van der Waals surface area contributed by atoms with Crippen LogP contribution in [0, 0.1) is 6.20 Å². The molecule has 1 aromatic rings. The second-order valence-corrected chi connectivity index (χ2v) is 1.90. The first kappa shape index (κ1) is 6.33. The second-order valence-electron chi connectivity index (χ2n) is 1.90. The number of nitrogens with zero attached hydrogens (tertiary/aromatic N) is 1. The molecule has 0 aliphatic heterocycles. The van der Waals surface area contributed by atoms with E-state index in [1.807, 2.05) is 6.92 Å². The lowest BCUT2D eigenvalue weighted by molar-refractivity contribution is 0.384. The summed E-state index contributed by atoms with van der Waals surface area (Å²) in [5.41, 5.74) is 1.11. The first-order valence-electron chi connectivity index (χ1n) is 3.23. The van der Waals surface area contributed by atoms with Gasteiger partial charge in [-0.2, -0.15) is 0 Å². The minimum absolute atomic E-state index is 0.916. The van der Waals surface area contributed by atoms with Crippen LogP contribution in [-0.4, -0.2) is 5.16 Å². The summed E-state index contributed by atoms with van der Waals surface area (Å²) in [5.74, 6) is 0.970. The van der Waals surface area contributed by atoms with Crippen LogP contribution in [0.1, 0.15) is 25.2 Å². The molecule has 1 heterocycles. The normalized spacial score (nSPS) is 10.0. The van der Waals surface area contributed by atoms with Crippen molar-refractivity contribution in [3.63, 3.8) is 0 Å². The Morgan fingerprint density at radius 3 is 2.67 bits per heavy atom. The second kappa shape index (κ2) is 2.67. The van der Waals surface area contributed by atoms with E-state index < -0.39 is 0 Å². The average molecular weight is 124 g/mol. The molecular weight excluding hydrogens is 114 g/mol. The van der Waals surface area contributed by atoms with E-state index in [9.17, 15) is 0 Å². The molecule has 0 saturated carbocycles. The molecule has 49 valence electrons. The Morgan fingerprint density at radius 2 is 2.22 bits per heavy atom. The quantitative estimate of drug-likeness (QED) is 0.598. The molecule has 0 spiro atoms. The third kappa shape index (κ3) is 1.12. The van der Waals surface area contributed by atoms with Gasteiger partial charge in [-0.3, -0.25) is 0 Å².